The van der Waals surface area contributed by atoms with Gasteiger partial charge in [0, 0.05) is 25.4 Å². The molecule has 1 aliphatic rings. The van der Waals surface area contributed by atoms with Gasteiger partial charge in [-0.3, -0.25) is 5.43 Å². The highest BCUT2D eigenvalue weighted by atomic mass is 32.2. The highest BCUT2D eigenvalue weighted by Crippen LogP contribution is 2.21. The second-order valence-corrected chi connectivity index (χ2v) is 5.07. The third-order valence-electron chi connectivity index (χ3n) is 2.65. The van der Waals surface area contributed by atoms with Crippen LogP contribution in [-0.4, -0.2) is 45.5 Å². The Bertz CT molecular complexity index is 385. The first-order valence-electron chi connectivity index (χ1n) is 6.05. The fraction of sp³-hybridized carbons (Fsp3) is 0.700. The number of hydrogen-bond acceptors (Lipinski definition) is 8. The van der Waals surface area contributed by atoms with Crippen molar-refractivity contribution in [2.75, 3.05) is 35.8 Å². The molecule has 100 valence electrons. The number of aromatic nitrogens is 3. The molecule has 1 aliphatic heterocycles. The molecule has 4 N–H and O–H groups in total. The number of hydrogen-bond donors (Lipinski definition) is 3. The number of nitrogen functional groups attached to an aromatic ring is 1. The molecule has 0 saturated carbocycles. The van der Waals surface area contributed by atoms with Crippen LogP contribution in [0.2, 0.25) is 0 Å². The number of thioether (sulfide) groups is 1. The quantitative estimate of drug-likeness (QED) is 0.292. The molecule has 0 bridgehead atoms. The van der Waals surface area contributed by atoms with Gasteiger partial charge in [-0.1, -0.05) is 11.8 Å². The minimum Gasteiger partial charge on any atom is -0.396 e. The van der Waals surface area contributed by atoms with Gasteiger partial charge in [-0.25, -0.2) is 5.84 Å². The van der Waals surface area contributed by atoms with E-state index in [9.17, 15) is 0 Å². The summed E-state index contributed by atoms with van der Waals surface area (Å²) in [6, 6.07) is 0. The summed E-state index contributed by atoms with van der Waals surface area (Å²) < 4.78 is 0. The van der Waals surface area contributed by atoms with Crippen molar-refractivity contribution in [2.24, 2.45) is 5.84 Å². The van der Waals surface area contributed by atoms with Crippen LogP contribution in [0.1, 0.15) is 19.3 Å². The molecular formula is C10H18N6OS. The first-order valence-corrected chi connectivity index (χ1v) is 7.03. The summed E-state index contributed by atoms with van der Waals surface area (Å²) in [5.74, 6) is 7.22. The molecule has 8 heteroatoms. The zero-order valence-corrected chi connectivity index (χ0v) is 11.0. The molecule has 18 heavy (non-hydrogen) atoms. The van der Waals surface area contributed by atoms with Gasteiger partial charge in [-0.15, -0.1) is 0 Å². The first kappa shape index (κ1) is 13.3. The molecule has 0 aromatic carbocycles. The lowest BCUT2D eigenvalue weighted by Gasteiger charge is -2.16. The molecule has 0 amide bonds. The molecule has 2 rings (SSSR count). The molecule has 0 aliphatic carbocycles. The third kappa shape index (κ3) is 3.44. The van der Waals surface area contributed by atoms with E-state index >= 15 is 0 Å². The summed E-state index contributed by atoms with van der Waals surface area (Å²) in [6.45, 7) is 2.14. The largest absolute Gasteiger partial charge is 0.396 e. The summed E-state index contributed by atoms with van der Waals surface area (Å²) >= 11 is 1.50. The lowest BCUT2D eigenvalue weighted by atomic mass is 10.4. The lowest BCUT2D eigenvalue weighted by molar-refractivity contribution is 0.296. The molecule has 0 radical (unpaired) electrons. The van der Waals surface area contributed by atoms with Crippen molar-refractivity contribution in [1.29, 1.82) is 0 Å². The maximum atomic E-state index is 8.77. The van der Waals surface area contributed by atoms with Gasteiger partial charge in [0.25, 0.3) is 0 Å². The molecule has 2 heterocycles. The number of nitrogens with zero attached hydrogens (tertiary/aromatic N) is 4. The Hall–Kier alpha value is -1.12. The molecule has 7 nitrogen and oxygen atoms in total. The SMILES string of the molecule is NNc1nc(SCCCO)nc(N2CCCC2)n1. The Morgan fingerprint density at radius 2 is 2.06 bits per heavy atom. The highest BCUT2D eigenvalue weighted by molar-refractivity contribution is 7.99. The molecule has 1 saturated heterocycles. The van der Waals surface area contributed by atoms with Crippen LogP contribution < -0.4 is 16.2 Å². The maximum Gasteiger partial charge on any atom is 0.242 e. The van der Waals surface area contributed by atoms with Crippen LogP contribution in [0.25, 0.3) is 0 Å². The van der Waals surface area contributed by atoms with Gasteiger partial charge in [-0.2, -0.15) is 15.0 Å². The van der Waals surface area contributed by atoms with E-state index in [0.29, 0.717) is 17.1 Å². The Morgan fingerprint density at radius 3 is 2.72 bits per heavy atom. The maximum absolute atomic E-state index is 8.77. The minimum absolute atomic E-state index is 0.180. The standard InChI is InChI=1S/C10H18N6OS/c11-15-8-12-9(16-4-1-2-5-16)14-10(13-8)18-7-3-6-17/h17H,1-7,11H2,(H,12,13,14,15). The van der Waals surface area contributed by atoms with Crippen molar-refractivity contribution in [3.05, 3.63) is 0 Å². The Morgan fingerprint density at radius 1 is 1.28 bits per heavy atom. The molecule has 1 fully saturated rings. The van der Waals surface area contributed by atoms with Crippen LogP contribution in [0, 0.1) is 0 Å². The number of anilines is 2. The van der Waals surface area contributed by atoms with E-state index in [1.54, 1.807) is 0 Å². The second-order valence-electron chi connectivity index (χ2n) is 4.01. The predicted octanol–water partition coefficient (Wildman–Crippen LogP) is 0.232. The van der Waals surface area contributed by atoms with Crippen LogP contribution in [0.15, 0.2) is 5.16 Å². The topological polar surface area (TPSA) is 100 Å². The van der Waals surface area contributed by atoms with E-state index in [1.165, 1.54) is 24.6 Å². The van der Waals surface area contributed by atoms with Crippen LogP contribution in [0.3, 0.4) is 0 Å². The smallest absolute Gasteiger partial charge is 0.242 e. The van der Waals surface area contributed by atoms with Gasteiger partial charge in [0.2, 0.25) is 11.9 Å². The molecule has 1 aromatic rings. The summed E-state index contributed by atoms with van der Waals surface area (Å²) in [5, 5.41) is 9.41. The first-order chi connectivity index (χ1) is 8.83. The summed E-state index contributed by atoms with van der Waals surface area (Å²) in [4.78, 5) is 15.0. The van der Waals surface area contributed by atoms with Crippen molar-refractivity contribution in [1.82, 2.24) is 15.0 Å². The van der Waals surface area contributed by atoms with E-state index in [2.05, 4.69) is 25.3 Å². The van der Waals surface area contributed by atoms with Crippen LogP contribution in [-0.2, 0) is 0 Å². The Labute approximate surface area is 110 Å². The average Bonchev–Trinajstić information content (AvgIpc) is 2.92. The predicted molar refractivity (Wildman–Crippen MR) is 71.5 cm³/mol. The zero-order valence-electron chi connectivity index (χ0n) is 10.2. The highest BCUT2D eigenvalue weighted by Gasteiger charge is 2.17. The van der Waals surface area contributed by atoms with Crippen molar-refractivity contribution in [3.63, 3.8) is 0 Å². The van der Waals surface area contributed by atoms with Crippen LogP contribution >= 0.6 is 11.8 Å². The molecule has 0 spiro atoms. The Balaban J connectivity index is 2.10. The van der Waals surface area contributed by atoms with Crippen molar-refractivity contribution in [2.45, 2.75) is 24.4 Å². The number of nitrogens with two attached hydrogens (primary N) is 1. The normalized spacial score (nSPS) is 15.1. The number of rotatable bonds is 6. The minimum atomic E-state index is 0.180. The van der Waals surface area contributed by atoms with Crippen molar-refractivity contribution >= 4 is 23.7 Å². The van der Waals surface area contributed by atoms with Gasteiger partial charge in [0.1, 0.15) is 0 Å². The summed E-state index contributed by atoms with van der Waals surface area (Å²) in [7, 11) is 0. The lowest BCUT2D eigenvalue weighted by Crippen LogP contribution is -2.22. The number of aliphatic hydroxyl groups is 1. The molecule has 0 unspecified atom stereocenters. The number of aliphatic hydroxyl groups excluding tert-OH is 1. The summed E-state index contributed by atoms with van der Waals surface area (Å²) in [5.41, 5.74) is 2.47. The van der Waals surface area contributed by atoms with Crippen LogP contribution in [0.5, 0.6) is 0 Å². The fourth-order valence-electron chi connectivity index (χ4n) is 1.76. The van der Waals surface area contributed by atoms with E-state index in [1.807, 2.05) is 0 Å². The fourth-order valence-corrected chi connectivity index (χ4v) is 2.51. The third-order valence-corrected chi connectivity index (χ3v) is 3.59. The summed E-state index contributed by atoms with van der Waals surface area (Å²) in [6.07, 6.45) is 3.06. The molecule has 1 aromatic heterocycles. The van der Waals surface area contributed by atoms with Gasteiger partial charge >= 0.3 is 0 Å². The average molecular weight is 270 g/mol. The van der Waals surface area contributed by atoms with Gasteiger partial charge in [0.05, 0.1) is 0 Å². The second kappa shape index (κ2) is 6.72. The van der Waals surface area contributed by atoms with E-state index in [0.717, 1.165) is 25.3 Å². The van der Waals surface area contributed by atoms with Crippen LogP contribution in [0.4, 0.5) is 11.9 Å². The van der Waals surface area contributed by atoms with E-state index in [4.69, 9.17) is 10.9 Å². The van der Waals surface area contributed by atoms with E-state index < -0.39 is 0 Å². The van der Waals surface area contributed by atoms with Gasteiger partial charge in [-0.05, 0) is 19.3 Å². The zero-order chi connectivity index (χ0) is 12.8. The van der Waals surface area contributed by atoms with E-state index in [-0.39, 0.29) is 6.61 Å². The monoisotopic (exact) mass is 270 g/mol. The van der Waals surface area contributed by atoms with Gasteiger partial charge in [0.15, 0.2) is 5.16 Å². The van der Waals surface area contributed by atoms with Crippen molar-refractivity contribution < 1.29 is 5.11 Å². The number of hydrazine groups is 1. The van der Waals surface area contributed by atoms with Gasteiger partial charge < -0.3 is 10.0 Å². The molecule has 0 atom stereocenters. The van der Waals surface area contributed by atoms with Crippen molar-refractivity contribution in [3.8, 4) is 0 Å². The Kier molecular flexibility index (Phi) is 4.97. The number of nitrogens with one attached hydrogen (secondary N) is 1. The molecular weight excluding hydrogens is 252 g/mol.